The average molecular weight is 323 g/mol. The van der Waals surface area contributed by atoms with Gasteiger partial charge in [0.2, 0.25) is 5.09 Å². The molecule has 0 radical (unpaired) electrons. The minimum absolute atomic E-state index is 0.0324. The highest BCUT2D eigenvalue weighted by molar-refractivity contribution is 7.89. The zero-order valence-electron chi connectivity index (χ0n) is 11.8. The molecule has 1 aromatic rings. The first kappa shape index (κ1) is 18.1. The lowest BCUT2D eigenvalue weighted by Gasteiger charge is -2.26. The standard InChI is InChI=1S/C12H21NO7S/c1-8(20-9(2)12(16)10(15)7-14)6-13-21(17,18)11-4-3-5-19-11/h3-5,8-10,12-16H,6-7H2,1-2H3/t8-,9?,10+,12?/m0/s1. The van der Waals surface area contributed by atoms with Crippen LogP contribution < -0.4 is 4.72 Å². The van der Waals surface area contributed by atoms with Gasteiger partial charge in [0.15, 0.2) is 0 Å². The van der Waals surface area contributed by atoms with E-state index in [0.717, 1.165) is 0 Å². The quantitative estimate of drug-likeness (QED) is 0.462. The molecule has 9 heteroatoms. The van der Waals surface area contributed by atoms with Crippen LogP contribution in [0.2, 0.25) is 0 Å². The van der Waals surface area contributed by atoms with Crippen molar-refractivity contribution in [3.8, 4) is 0 Å². The smallest absolute Gasteiger partial charge is 0.274 e. The minimum Gasteiger partial charge on any atom is -0.452 e. The number of nitrogens with one attached hydrogen (secondary N) is 1. The van der Waals surface area contributed by atoms with E-state index in [1.54, 1.807) is 6.92 Å². The summed E-state index contributed by atoms with van der Waals surface area (Å²) < 4.78 is 36.1. The summed E-state index contributed by atoms with van der Waals surface area (Å²) in [5, 5.41) is 27.5. The van der Waals surface area contributed by atoms with Gasteiger partial charge in [0, 0.05) is 6.54 Å². The molecule has 0 saturated carbocycles. The van der Waals surface area contributed by atoms with Crippen molar-refractivity contribution in [3.63, 3.8) is 0 Å². The van der Waals surface area contributed by atoms with Crippen molar-refractivity contribution in [2.45, 2.75) is 43.4 Å². The first-order valence-corrected chi connectivity index (χ1v) is 7.92. The molecule has 0 fully saturated rings. The van der Waals surface area contributed by atoms with Crippen molar-refractivity contribution >= 4 is 10.0 Å². The van der Waals surface area contributed by atoms with Crippen LogP contribution in [0.15, 0.2) is 27.9 Å². The summed E-state index contributed by atoms with van der Waals surface area (Å²) in [7, 11) is -3.74. The largest absolute Gasteiger partial charge is 0.452 e. The summed E-state index contributed by atoms with van der Waals surface area (Å²) in [6.07, 6.45) is -2.64. The van der Waals surface area contributed by atoms with Gasteiger partial charge in [-0.2, -0.15) is 0 Å². The van der Waals surface area contributed by atoms with Crippen LogP contribution in [0.25, 0.3) is 0 Å². The van der Waals surface area contributed by atoms with E-state index in [0.29, 0.717) is 0 Å². The van der Waals surface area contributed by atoms with Gasteiger partial charge in [0.05, 0.1) is 25.1 Å². The van der Waals surface area contributed by atoms with Crippen molar-refractivity contribution in [1.29, 1.82) is 0 Å². The van der Waals surface area contributed by atoms with Gasteiger partial charge in [-0.3, -0.25) is 0 Å². The maximum absolute atomic E-state index is 11.8. The first-order valence-electron chi connectivity index (χ1n) is 6.43. The van der Waals surface area contributed by atoms with Crippen LogP contribution in [0.1, 0.15) is 13.8 Å². The predicted molar refractivity (Wildman–Crippen MR) is 73.0 cm³/mol. The Bertz CT molecular complexity index is 502. The third kappa shape index (κ3) is 5.38. The molecule has 4 N–H and O–H groups in total. The lowest BCUT2D eigenvalue weighted by molar-refractivity contribution is -0.111. The Morgan fingerprint density at radius 2 is 2.05 bits per heavy atom. The zero-order valence-corrected chi connectivity index (χ0v) is 12.7. The molecular formula is C12H21NO7S. The number of sulfonamides is 1. The maximum atomic E-state index is 11.8. The van der Waals surface area contributed by atoms with Crippen molar-refractivity contribution in [3.05, 3.63) is 18.4 Å². The minimum atomic E-state index is -3.74. The molecule has 1 heterocycles. The van der Waals surface area contributed by atoms with E-state index in [4.69, 9.17) is 14.3 Å². The number of aliphatic hydroxyl groups is 3. The Morgan fingerprint density at radius 3 is 2.57 bits per heavy atom. The lowest BCUT2D eigenvalue weighted by atomic mass is 10.1. The molecule has 2 unspecified atom stereocenters. The zero-order chi connectivity index (χ0) is 16.0. The summed E-state index contributed by atoms with van der Waals surface area (Å²) in [5.41, 5.74) is 0. The topological polar surface area (TPSA) is 129 Å². The van der Waals surface area contributed by atoms with E-state index in [-0.39, 0.29) is 11.6 Å². The van der Waals surface area contributed by atoms with E-state index < -0.39 is 41.0 Å². The third-order valence-corrected chi connectivity index (χ3v) is 4.14. The fourth-order valence-corrected chi connectivity index (χ4v) is 2.67. The van der Waals surface area contributed by atoms with Gasteiger partial charge in [-0.25, -0.2) is 13.1 Å². The van der Waals surface area contributed by atoms with Crippen molar-refractivity contribution < 1.29 is 32.9 Å². The molecule has 8 nitrogen and oxygen atoms in total. The van der Waals surface area contributed by atoms with Gasteiger partial charge in [-0.1, -0.05) is 0 Å². The Kier molecular flexibility index (Phi) is 6.78. The van der Waals surface area contributed by atoms with Crippen LogP contribution in [0, 0.1) is 0 Å². The number of aliphatic hydroxyl groups excluding tert-OH is 3. The highest BCUT2D eigenvalue weighted by Crippen LogP contribution is 2.10. The number of hydrogen-bond acceptors (Lipinski definition) is 7. The summed E-state index contributed by atoms with van der Waals surface area (Å²) in [5.74, 6) is 0. The van der Waals surface area contributed by atoms with E-state index in [1.807, 2.05) is 0 Å². The van der Waals surface area contributed by atoms with Gasteiger partial charge in [-0.15, -0.1) is 0 Å². The highest BCUT2D eigenvalue weighted by Gasteiger charge is 2.25. The highest BCUT2D eigenvalue weighted by atomic mass is 32.2. The monoisotopic (exact) mass is 323 g/mol. The molecular weight excluding hydrogens is 302 g/mol. The molecule has 0 saturated heterocycles. The molecule has 1 aromatic heterocycles. The van der Waals surface area contributed by atoms with E-state index >= 15 is 0 Å². The molecule has 122 valence electrons. The van der Waals surface area contributed by atoms with Crippen LogP contribution in [0.5, 0.6) is 0 Å². The summed E-state index contributed by atoms with van der Waals surface area (Å²) in [6.45, 7) is 2.50. The maximum Gasteiger partial charge on any atom is 0.274 e. The van der Waals surface area contributed by atoms with Crippen LogP contribution in [-0.2, 0) is 14.8 Å². The third-order valence-electron chi connectivity index (χ3n) is 2.83. The van der Waals surface area contributed by atoms with Crippen LogP contribution in [-0.4, -0.2) is 61.3 Å². The molecule has 0 aliphatic heterocycles. The number of rotatable bonds is 9. The molecule has 0 bridgehead atoms. The van der Waals surface area contributed by atoms with Crippen molar-refractivity contribution in [1.82, 2.24) is 4.72 Å². The molecule has 0 aliphatic rings. The first-order chi connectivity index (χ1) is 9.77. The normalized spacial score (nSPS) is 18.1. The number of hydrogen-bond donors (Lipinski definition) is 4. The van der Waals surface area contributed by atoms with Gasteiger partial charge >= 0.3 is 0 Å². The lowest BCUT2D eigenvalue weighted by Crippen LogP contribution is -2.42. The van der Waals surface area contributed by atoms with Crippen LogP contribution in [0.4, 0.5) is 0 Å². The second kappa shape index (κ2) is 7.87. The van der Waals surface area contributed by atoms with Gasteiger partial charge in [0.1, 0.15) is 12.2 Å². The Hall–Kier alpha value is -0.970. The summed E-state index contributed by atoms with van der Waals surface area (Å²) in [6, 6.07) is 2.78. The molecule has 0 aliphatic carbocycles. The average Bonchev–Trinajstić information content (AvgIpc) is 2.98. The number of furan rings is 1. The Morgan fingerprint density at radius 1 is 1.38 bits per heavy atom. The molecule has 0 spiro atoms. The van der Waals surface area contributed by atoms with Gasteiger partial charge < -0.3 is 24.5 Å². The molecule has 4 atom stereocenters. The fraction of sp³-hybridized carbons (Fsp3) is 0.667. The van der Waals surface area contributed by atoms with Crippen LogP contribution in [0.3, 0.4) is 0 Å². The molecule has 1 rings (SSSR count). The second-order valence-electron chi connectivity index (χ2n) is 4.68. The Balaban J connectivity index is 2.46. The Labute approximate surface area is 123 Å². The van der Waals surface area contributed by atoms with Crippen molar-refractivity contribution in [2.24, 2.45) is 0 Å². The predicted octanol–water partition coefficient (Wildman–Crippen LogP) is -0.934. The van der Waals surface area contributed by atoms with E-state index in [1.165, 1.54) is 25.3 Å². The number of ether oxygens (including phenoxy) is 1. The summed E-state index contributed by atoms with van der Waals surface area (Å²) >= 11 is 0. The SMILES string of the molecule is CC(O[C@@H](C)CNS(=O)(=O)c1ccco1)C(O)[C@H](O)CO. The van der Waals surface area contributed by atoms with Crippen molar-refractivity contribution in [2.75, 3.05) is 13.2 Å². The molecule has 0 amide bonds. The van der Waals surface area contributed by atoms with E-state index in [9.17, 15) is 18.6 Å². The second-order valence-corrected chi connectivity index (χ2v) is 6.37. The van der Waals surface area contributed by atoms with Gasteiger partial charge in [-0.05, 0) is 26.0 Å². The fourth-order valence-electron chi connectivity index (χ4n) is 1.63. The molecule has 21 heavy (non-hydrogen) atoms. The van der Waals surface area contributed by atoms with Crippen LogP contribution >= 0.6 is 0 Å². The van der Waals surface area contributed by atoms with E-state index in [2.05, 4.69) is 4.72 Å². The summed E-state index contributed by atoms with van der Waals surface area (Å²) in [4.78, 5) is 0. The van der Waals surface area contributed by atoms with Gasteiger partial charge in [0.25, 0.3) is 10.0 Å². The molecule has 0 aromatic carbocycles.